The molecule has 0 aliphatic rings. The molecule has 0 bridgehead atoms. The summed E-state index contributed by atoms with van der Waals surface area (Å²) in [7, 11) is -3.50. The number of rotatable bonds is 7. The van der Waals surface area contributed by atoms with Crippen molar-refractivity contribution in [2.75, 3.05) is 0 Å². The first kappa shape index (κ1) is 21.2. The summed E-state index contributed by atoms with van der Waals surface area (Å²) >= 11 is 12.5. The van der Waals surface area contributed by atoms with Gasteiger partial charge in [-0.1, -0.05) is 43.1 Å². The second-order valence-corrected chi connectivity index (χ2v) is 18.0. The Morgan fingerprint density at radius 2 is 1.39 bits per heavy atom. The number of hydrogen-bond acceptors (Lipinski definition) is 2. The van der Waals surface area contributed by atoms with Gasteiger partial charge in [-0.2, -0.15) is 0 Å². The first-order valence-electron chi connectivity index (χ1n) is 8.11. The third-order valence-electron chi connectivity index (χ3n) is 3.19. The molecule has 0 aromatic heterocycles. The van der Waals surface area contributed by atoms with Gasteiger partial charge in [-0.3, -0.25) is 0 Å². The zero-order chi connectivity index (χ0) is 18.0. The minimum Gasteiger partial charge on any atom is -0.412 e. The van der Waals surface area contributed by atoms with Crippen LogP contribution < -0.4 is 0 Å². The van der Waals surface area contributed by atoms with Crippen LogP contribution >= 0.6 is 23.2 Å². The Kier molecular flexibility index (Phi) is 7.39. The average Bonchev–Trinajstić information content (AvgIpc) is 2.31. The molecule has 2 atom stereocenters. The van der Waals surface area contributed by atoms with Crippen molar-refractivity contribution < 1.29 is 8.85 Å². The fourth-order valence-electron chi connectivity index (χ4n) is 2.38. The highest BCUT2D eigenvalue weighted by Gasteiger charge is 2.36. The van der Waals surface area contributed by atoms with Crippen LogP contribution in [0.4, 0.5) is 0 Å². The second kappa shape index (κ2) is 8.02. The number of hydrogen-bond donors (Lipinski definition) is 0. The third kappa shape index (κ3) is 7.28. The lowest BCUT2D eigenvalue weighted by Crippen LogP contribution is -2.42. The highest BCUT2D eigenvalue weighted by atomic mass is 35.5. The Balaban J connectivity index is 3.31. The molecule has 0 spiro atoms. The summed E-state index contributed by atoms with van der Waals surface area (Å²) in [5, 5.41) is 1.28. The van der Waals surface area contributed by atoms with E-state index in [2.05, 4.69) is 53.1 Å². The molecule has 23 heavy (non-hydrogen) atoms. The molecule has 0 radical (unpaired) electrons. The maximum Gasteiger partial charge on any atom is 0.184 e. The van der Waals surface area contributed by atoms with E-state index in [1.165, 1.54) is 0 Å². The largest absolute Gasteiger partial charge is 0.412 e. The normalized spacial score (nSPS) is 15.8. The van der Waals surface area contributed by atoms with E-state index >= 15 is 0 Å². The molecule has 2 nitrogen and oxygen atoms in total. The van der Waals surface area contributed by atoms with Gasteiger partial charge >= 0.3 is 0 Å². The van der Waals surface area contributed by atoms with Gasteiger partial charge in [-0.05, 0) is 57.3 Å². The summed E-state index contributed by atoms with van der Waals surface area (Å²) in [6.45, 7) is 17.5. The molecule has 0 fully saturated rings. The van der Waals surface area contributed by atoms with E-state index in [1.54, 1.807) is 6.07 Å². The average molecular weight is 394 g/mol. The van der Waals surface area contributed by atoms with Crippen LogP contribution in [0.15, 0.2) is 18.2 Å². The molecule has 6 heteroatoms. The minimum absolute atomic E-state index is 0.0212. The molecule has 0 aliphatic carbocycles. The van der Waals surface area contributed by atoms with Crippen LogP contribution in [0.5, 0.6) is 0 Å². The van der Waals surface area contributed by atoms with Crippen molar-refractivity contribution in [3.63, 3.8) is 0 Å². The van der Waals surface area contributed by atoms with E-state index in [0.717, 1.165) is 5.56 Å². The zero-order valence-electron chi connectivity index (χ0n) is 15.5. The van der Waals surface area contributed by atoms with E-state index in [-0.39, 0.29) is 12.2 Å². The van der Waals surface area contributed by atoms with Gasteiger partial charge in [-0.25, -0.2) is 0 Å². The second-order valence-electron chi connectivity index (χ2n) is 8.26. The van der Waals surface area contributed by atoms with Crippen LogP contribution in [0, 0.1) is 5.92 Å². The molecule has 0 aliphatic heterocycles. The monoisotopic (exact) mass is 392 g/mol. The molecule has 0 amide bonds. The molecule has 0 saturated carbocycles. The van der Waals surface area contributed by atoms with Gasteiger partial charge in [-0.15, -0.1) is 0 Å². The van der Waals surface area contributed by atoms with Crippen molar-refractivity contribution in [3.8, 4) is 0 Å². The predicted molar refractivity (Wildman–Crippen MR) is 107 cm³/mol. The maximum atomic E-state index is 6.52. The summed E-state index contributed by atoms with van der Waals surface area (Å²) in [4.78, 5) is 0. The van der Waals surface area contributed by atoms with Gasteiger partial charge in [0, 0.05) is 15.6 Å². The molecule has 0 unspecified atom stereocenters. The van der Waals surface area contributed by atoms with Crippen LogP contribution in [0.3, 0.4) is 0 Å². The summed E-state index contributed by atoms with van der Waals surface area (Å²) in [5.74, 6) is 0.329. The fraction of sp³-hybridized carbons (Fsp3) is 0.647. The van der Waals surface area contributed by atoms with Gasteiger partial charge < -0.3 is 8.85 Å². The van der Waals surface area contributed by atoms with Gasteiger partial charge in [0.15, 0.2) is 16.6 Å². The maximum absolute atomic E-state index is 6.52. The molecular weight excluding hydrogens is 363 g/mol. The van der Waals surface area contributed by atoms with Crippen LogP contribution in [-0.2, 0) is 8.85 Å². The highest BCUT2D eigenvalue weighted by molar-refractivity contribution is 6.70. The predicted octanol–water partition coefficient (Wildman–Crippen LogP) is 6.76. The van der Waals surface area contributed by atoms with E-state index in [0.29, 0.717) is 16.0 Å². The Morgan fingerprint density at radius 3 is 1.78 bits per heavy atom. The number of benzene rings is 1. The van der Waals surface area contributed by atoms with Crippen molar-refractivity contribution >= 4 is 39.8 Å². The SMILES string of the molecule is CC(C)[C@H](O[Si](C)(C)C)[C@@H](O[Si](C)(C)C)c1ccc(Cl)cc1Cl. The first-order valence-corrected chi connectivity index (χ1v) is 15.7. The van der Waals surface area contributed by atoms with Crippen LogP contribution in [0.25, 0.3) is 0 Å². The molecule has 0 saturated heterocycles. The zero-order valence-corrected chi connectivity index (χ0v) is 19.0. The molecule has 0 heterocycles. The molecular formula is C17H30Cl2O2Si2. The molecule has 0 N–H and O–H groups in total. The minimum atomic E-state index is -1.78. The van der Waals surface area contributed by atoms with Crippen molar-refractivity contribution in [1.82, 2.24) is 0 Å². The van der Waals surface area contributed by atoms with E-state index in [9.17, 15) is 0 Å². The third-order valence-corrected chi connectivity index (χ3v) is 5.70. The van der Waals surface area contributed by atoms with Gasteiger partial charge in [0.05, 0.1) is 12.2 Å². The van der Waals surface area contributed by atoms with E-state index in [4.69, 9.17) is 32.1 Å². The lowest BCUT2D eigenvalue weighted by molar-refractivity contribution is 0.0140. The molecule has 1 aromatic rings. The van der Waals surface area contributed by atoms with Crippen molar-refractivity contribution in [2.45, 2.75) is 65.3 Å². The summed E-state index contributed by atoms with van der Waals surface area (Å²) < 4.78 is 13.0. The van der Waals surface area contributed by atoms with Crippen LogP contribution in [-0.4, -0.2) is 22.7 Å². The quantitative estimate of drug-likeness (QED) is 0.476. The van der Waals surface area contributed by atoms with E-state index < -0.39 is 16.6 Å². The summed E-state index contributed by atoms with van der Waals surface area (Å²) in [6.07, 6.45) is -0.190. The lowest BCUT2D eigenvalue weighted by atomic mass is 9.96. The van der Waals surface area contributed by atoms with Crippen molar-refractivity contribution in [1.29, 1.82) is 0 Å². The summed E-state index contributed by atoms with van der Waals surface area (Å²) in [6, 6.07) is 5.62. The molecule has 1 aromatic carbocycles. The van der Waals surface area contributed by atoms with E-state index in [1.807, 2.05) is 12.1 Å². The highest BCUT2D eigenvalue weighted by Crippen LogP contribution is 2.37. The number of halogens is 2. The Labute approximate surface area is 153 Å². The molecule has 132 valence electrons. The lowest BCUT2D eigenvalue weighted by Gasteiger charge is -2.38. The standard InChI is InChI=1S/C17H30Cl2O2Si2/c1-12(2)16(20-22(3,4)5)17(21-23(6,7)8)14-10-9-13(18)11-15(14)19/h9-12,16-17H,1-8H3/t16-,17-/m0/s1. The summed E-state index contributed by atoms with van der Waals surface area (Å²) in [5.41, 5.74) is 0.968. The topological polar surface area (TPSA) is 18.5 Å². The van der Waals surface area contributed by atoms with Gasteiger partial charge in [0.1, 0.15) is 0 Å². The Morgan fingerprint density at radius 1 is 0.870 bits per heavy atom. The Bertz CT molecular complexity index is 522. The molecule has 1 rings (SSSR count). The van der Waals surface area contributed by atoms with Crippen LogP contribution in [0.2, 0.25) is 49.3 Å². The smallest absolute Gasteiger partial charge is 0.184 e. The van der Waals surface area contributed by atoms with Gasteiger partial charge in [0.25, 0.3) is 0 Å². The van der Waals surface area contributed by atoms with Gasteiger partial charge in [0.2, 0.25) is 0 Å². The Hall–Kier alpha value is 0.154. The van der Waals surface area contributed by atoms with Crippen LogP contribution in [0.1, 0.15) is 25.5 Å². The first-order chi connectivity index (χ1) is 10.3. The van der Waals surface area contributed by atoms with Crippen molar-refractivity contribution in [2.24, 2.45) is 5.92 Å². The van der Waals surface area contributed by atoms with Crippen molar-refractivity contribution in [3.05, 3.63) is 33.8 Å². The fourth-order valence-corrected chi connectivity index (χ4v) is 5.13.